The summed E-state index contributed by atoms with van der Waals surface area (Å²) in [6.07, 6.45) is 0.188. The van der Waals surface area contributed by atoms with E-state index in [1.54, 1.807) is 0 Å². The zero-order valence-corrected chi connectivity index (χ0v) is 20.0. The molecule has 2 aliphatic rings. The molecule has 0 aliphatic carbocycles. The Balaban J connectivity index is 1.64. The molecule has 0 radical (unpaired) electrons. The summed E-state index contributed by atoms with van der Waals surface area (Å²) in [5.41, 5.74) is 6.18. The number of amides is 1. The Hall–Kier alpha value is -3.32. The monoisotopic (exact) mass is 461 g/mol. The minimum Gasteiger partial charge on any atom is -0.466 e. The van der Waals surface area contributed by atoms with Crippen LogP contribution < -0.4 is 5.32 Å². The number of carbonyl (C=O) groups is 2. The van der Waals surface area contributed by atoms with Crippen LogP contribution in [0.5, 0.6) is 0 Å². The lowest BCUT2D eigenvalue weighted by atomic mass is 9.90. The van der Waals surface area contributed by atoms with Crippen molar-refractivity contribution in [2.45, 2.75) is 39.8 Å². The average Bonchev–Trinajstić information content (AvgIpc) is 3.19. The minimum atomic E-state index is -0.412. The summed E-state index contributed by atoms with van der Waals surface area (Å²) < 4.78 is 5.13. The van der Waals surface area contributed by atoms with Crippen LogP contribution in [0.1, 0.15) is 41.6 Å². The number of aliphatic imine (C=N–C) groups is 1. The molecule has 1 amide bonds. The zero-order valence-electron chi connectivity index (χ0n) is 19.2. The number of thioether (sulfide) groups is 1. The van der Waals surface area contributed by atoms with Gasteiger partial charge in [-0.25, -0.2) is 9.79 Å². The van der Waals surface area contributed by atoms with Gasteiger partial charge in [-0.3, -0.25) is 4.79 Å². The number of aryl methyl sites for hydroxylation is 2. The maximum atomic E-state index is 12.8. The molecule has 0 unspecified atom stereocenters. The molecule has 0 aromatic heterocycles. The maximum Gasteiger partial charge on any atom is 0.338 e. The molecular formula is C26H27N3O3S. The van der Waals surface area contributed by atoms with Crippen molar-refractivity contribution in [3.05, 3.63) is 93.2 Å². The molecular weight excluding hydrogens is 434 g/mol. The zero-order chi connectivity index (χ0) is 23.5. The maximum absolute atomic E-state index is 12.8. The number of hydrogen-bond donors (Lipinski definition) is 1. The van der Waals surface area contributed by atoms with Crippen molar-refractivity contribution in [2.24, 2.45) is 4.99 Å². The molecule has 0 bridgehead atoms. The second kappa shape index (κ2) is 9.67. The highest BCUT2D eigenvalue weighted by molar-refractivity contribution is 8.16. The fourth-order valence-electron chi connectivity index (χ4n) is 4.19. The number of amidine groups is 1. The average molecular weight is 462 g/mol. The van der Waals surface area contributed by atoms with Gasteiger partial charge in [-0.2, -0.15) is 0 Å². The van der Waals surface area contributed by atoms with Crippen LogP contribution in [0.4, 0.5) is 0 Å². The summed E-state index contributed by atoms with van der Waals surface area (Å²) in [6, 6.07) is 15.6. The molecule has 1 atom stereocenters. The summed E-state index contributed by atoms with van der Waals surface area (Å²) in [5.74, 6) is -0.498. The van der Waals surface area contributed by atoms with Gasteiger partial charge < -0.3 is 15.0 Å². The molecule has 0 fully saturated rings. The molecule has 2 aromatic carbocycles. The van der Waals surface area contributed by atoms with Gasteiger partial charge in [0.2, 0.25) is 5.91 Å². The first-order valence-electron chi connectivity index (χ1n) is 10.8. The van der Waals surface area contributed by atoms with Crippen LogP contribution in [0.3, 0.4) is 0 Å². The second-order valence-electron chi connectivity index (χ2n) is 8.18. The van der Waals surface area contributed by atoms with Gasteiger partial charge in [0.05, 0.1) is 30.8 Å². The first-order valence-corrected chi connectivity index (χ1v) is 11.7. The summed E-state index contributed by atoms with van der Waals surface area (Å²) >= 11 is 1.47. The third kappa shape index (κ3) is 4.73. The third-order valence-corrected chi connectivity index (χ3v) is 6.69. The topological polar surface area (TPSA) is 71.0 Å². The molecule has 2 aliphatic heterocycles. The number of esters is 1. The quantitative estimate of drug-likeness (QED) is 0.628. The van der Waals surface area contributed by atoms with Gasteiger partial charge in [0, 0.05) is 12.2 Å². The van der Waals surface area contributed by atoms with E-state index in [1.165, 1.54) is 18.9 Å². The second-order valence-corrected chi connectivity index (χ2v) is 9.02. The fraction of sp³-hybridized carbons (Fsp3) is 0.269. The molecule has 2 heterocycles. The molecule has 0 saturated heterocycles. The van der Waals surface area contributed by atoms with Crippen LogP contribution in [0, 0.1) is 13.8 Å². The van der Waals surface area contributed by atoms with Crippen molar-refractivity contribution in [3.63, 3.8) is 0 Å². The highest BCUT2D eigenvalue weighted by atomic mass is 32.2. The SMILES string of the molecule is COC(=O)C1=C(C)N=C2SC=C(CC(=O)NCc3ccccc3)N2[C@@H]1c1ccc(C)cc1C. The van der Waals surface area contributed by atoms with E-state index in [-0.39, 0.29) is 12.3 Å². The normalized spacial score (nSPS) is 17.3. The van der Waals surface area contributed by atoms with Crippen molar-refractivity contribution in [1.82, 2.24) is 10.2 Å². The number of hydrogen-bond acceptors (Lipinski definition) is 6. The van der Waals surface area contributed by atoms with Crippen molar-refractivity contribution in [3.8, 4) is 0 Å². The number of rotatable bonds is 6. The van der Waals surface area contributed by atoms with Gasteiger partial charge in [-0.05, 0) is 42.9 Å². The summed E-state index contributed by atoms with van der Waals surface area (Å²) in [5, 5.41) is 5.70. The van der Waals surface area contributed by atoms with Gasteiger partial charge in [0.15, 0.2) is 5.17 Å². The van der Waals surface area contributed by atoms with E-state index in [0.29, 0.717) is 17.8 Å². The lowest BCUT2D eigenvalue weighted by molar-refractivity contribution is -0.136. The molecule has 2 aromatic rings. The fourth-order valence-corrected chi connectivity index (χ4v) is 5.16. The predicted octanol–water partition coefficient (Wildman–Crippen LogP) is 4.76. The molecule has 7 heteroatoms. The predicted molar refractivity (Wildman–Crippen MR) is 131 cm³/mol. The highest BCUT2D eigenvalue weighted by Gasteiger charge is 2.41. The Morgan fingerprint density at radius 3 is 2.58 bits per heavy atom. The smallest absolute Gasteiger partial charge is 0.338 e. The molecule has 6 nitrogen and oxygen atoms in total. The third-order valence-electron chi connectivity index (χ3n) is 5.80. The number of nitrogens with one attached hydrogen (secondary N) is 1. The van der Waals surface area contributed by atoms with Crippen LogP contribution in [-0.4, -0.2) is 29.1 Å². The van der Waals surface area contributed by atoms with Crippen molar-refractivity contribution in [1.29, 1.82) is 0 Å². The number of allylic oxidation sites excluding steroid dienone is 1. The van der Waals surface area contributed by atoms with E-state index >= 15 is 0 Å². The van der Waals surface area contributed by atoms with Gasteiger partial charge in [0.25, 0.3) is 0 Å². The van der Waals surface area contributed by atoms with Gasteiger partial charge in [-0.15, -0.1) is 0 Å². The van der Waals surface area contributed by atoms with Crippen LogP contribution >= 0.6 is 11.8 Å². The Morgan fingerprint density at radius 1 is 1.12 bits per heavy atom. The van der Waals surface area contributed by atoms with E-state index in [0.717, 1.165) is 33.1 Å². The van der Waals surface area contributed by atoms with Crippen molar-refractivity contribution in [2.75, 3.05) is 7.11 Å². The van der Waals surface area contributed by atoms with Gasteiger partial charge in [-0.1, -0.05) is 65.9 Å². The largest absolute Gasteiger partial charge is 0.466 e. The molecule has 0 saturated carbocycles. The summed E-state index contributed by atoms with van der Waals surface area (Å²) in [4.78, 5) is 32.3. The number of ether oxygens (including phenoxy) is 1. The number of nitrogens with zero attached hydrogens (tertiary/aromatic N) is 2. The molecule has 4 rings (SSSR count). The Bertz CT molecular complexity index is 1180. The Kier molecular flexibility index (Phi) is 6.70. The van der Waals surface area contributed by atoms with Gasteiger partial charge in [0.1, 0.15) is 0 Å². The Labute approximate surface area is 198 Å². The van der Waals surface area contributed by atoms with Crippen LogP contribution in [0.25, 0.3) is 0 Å². The number of fused-ring (bicyclic) bond motifs is 1. The first kappa shape index (κ1) is 22.9. The number of carbonyl (C=O) groups excluding carboxylic acids is 2. The number of benzene rings is 2. The van der Waals surface area contributed by atoms with Crippen molar-refractivity contribution < 1.29 is 14.3 Å². The molecule has 1 N–H and O–H groups in total. The molecule has 170 valence electrons. The highest BCUT2D eigenvalue weighted by Crippen LogP contribution is 2.45. The summed E-state index contributed by atoms with van der Waals surface area (Å²) in [7, 11) is 1.38. The lowest BCUT2D eigenvalue weighted by Gasteiger charge is -2.37. The molecule has 0 spiro atoms. The summed E-state index contributed by atoms with van der Waals surface area (Å²) in [6.45, 7) is 6.38. The van der Waals surface area contributed by atoms with E-state index in [2.05, 4.69) is 16.4 Å². The van der Waals surface area contributed by atoms with Crippen LogP contribution in [0.15, 0.2) is 75.9 Å². The van der Waals surface area contributed by atoms with E-state index in [1.807, 2.05) is 73.5 Å². The van der Waals surface area contributed by atoms with E-state index < -0.39 is 12.0 Å². The number of methoxy groups -OCH3 is 1. The standard InChI is InChI=1S/C26H27N3O3S/c1-16-10-11-21(17(2)12-16)24-23(25(31)32-4)18(3)28-26-29(24)20(15-33-26)13-22(30)27-14-19-8-6-5-7-9-19/h5-12,15,24H,13-14H2,1-4H3,(H,27,30)/t24-/m1/s1. The van der Waals surface area contributed by atoms with Gasteiger partial charge >= 0.3 is 5.97 Å². The van der Waals surface area contributed by atoms with Crippen LogP contribution in [0.2, 0.25) is 0 Å². The minimum absolute atomic E-state index is 0.0859. The van der Waals surface area contributed by atoms with Crippen molar-refractivity contribution >= 4 is 28.8 Å². The van der Waals surface area contributed by atoms with E-state index in [4.69, 9.17) is 4.74 Å². The molecule has 33 heavy (non-hydrogen) atoms. The van der Waals surface area contributed by atoms with Crippen LogP contribution in [-0.2, 0) is 20.9 Å². The lowest BCUT2D eigenvalue weighted by Crippen LogP contribution is -2.38. The van der Waals surface area contributed by atoms with E-state index in [9.17, 15) is 9.59 Å². The first-order chi connectivity index (χ1) is 15.9. The Morgan fingerprint density at radius 2 is 1.88 bits per heavy atom.